The fourth-order valence-corrected chi connectivity index (χ4v) is 3.45. The van der Waals surface area contributed by atoms with E-state index in [0.29, 0.717) is 17.0 Å². The fourth-order valence-electron chi connectivity index (χ4n) is 3.45. The number of anilines is 1. The summed E-state index contributed by atoms with van der Waals surface area (Å²) in [6.45, 7) is 4.08. The number of benzene rings is 1. The van der Waals surface area contributed by atoms with E-state index in [1.165, 1.54) is 0 Å². The van der Waals surface area contributed by atoms with Crippen LogP contribution in [-0.2, 0) is 0 Å². The number of hydrogen-bond donors (Lipinski definition) is 1. The van der Waals surface area contributed by atoms with Crippen LogP contribution in [0.25, 0.3) is 22.2 Å². The molecule has 1 fully saturated rings. The van der Waals surface area contributed by atoms with Crippen LogP contribution in [0.5, 0.6) is 5.75 Å². The van der Waals surface area contributed by atoms with Crippen molar-refractivity contribution >= 4 is 17.0 Å². The Morgan fingerprint density at radius 2 is 2.04 bits per heavy atom. The Kier molecular flexibility index (Phi) is 4.32. The Balaban J connectivity index is 1.81. The summed E-state index contributed by atoms with van der Waals surface area (Å²) < 4.78 is 5.30. The number of rotatable bonds is 3. The number of ether oxygens (including phenoxy) is 1. The molecule has 3 aromatic rings. The van der Waals surface area contributed by atoms with Gasteiger partial charge in [0, 0.05) is 19.3 Å². The maximum Gasteiger partial charge on any atom is 0.262 e. The molecule has 6 nitrogen and oxygen atoms in total. The molecule has 0 atom stereocenters. The molecular formula is C20H22N4O2. The van der Waals surface area contributed by atoms with Gasteiger partial charge in [0.25, 0.3) is 5.56 Å². The Hall–Kier alpha value is -2.89. The van der Waals surface area contributed by atoms with Crippen LogP contribution < -0.4 is 15.2 Å². The number of aromatic amines is 1. The number of piperidine rings is 1. The van der Waals surface area contributed by atoms with E-state index in [1.54, 1.807) is 13.3 Å². The molecule has 2 aromatic heterocycles. The van der Waals surface area contributed by atoms with Crippen molar-refractivity contribution in [3.63, 3.8) is 0 Å². The summed E-state index contributed by atoms with van der Waals surface area (Å²) >= 11 is 0. The number of H-pyrrole nitrogens is 1. The van der Waals surface area contributed by atoms with Crippen molar-refractivity contribution in [2.75, 3.05) is 25.1 Å². The highest BCUT2D eigenvalue weighted by atomic mass is 16.5. The summed E-state index contributed by atoms with van der Waals surface area (Å²) in [6, 6.07) is 9.50. The van der Waals surface area contributed by atoms with Crippen LogP contribution in [0.2, 0.25) is 0 Å². The van der Waals surface area contributed by atoms with Crippen LogP contribution in [-0.4, -0.2) is 35.2 Å². The van der Waals surface area contributed by atoms with Gasteiger partial charge in [0.2, 0.25) is 5.95 Å². The molecule has 1 saturated heterocycles. The highest BCUT2D eigenvalue weighted by Crippen LogP contribution is 2.28. The first-order valence-corrected chi connectivity index (χ1v) is 8.94. The lowest BCUT2D eigenvalue weighted by atomic mass is 10.00. The van der Waals surface area contributed by atoms with Gasteiger partial charge in [-0.15, -0.1) is 0 Å². The van der Waals surface area contributed by atoms with Crippen LogP contribution >= 0.6 is 0 Å². The normalized spacial score (nSPS) is 15.4. The van der Waals surface area contributed by atoms with Crippen molar-refractivity contribution in [2.24, 2.45) is 5.92 Å². The minimum Gasteiger partial charge on any atom is -0.497 e. The van der Waals surface area contributed by atoms with Gasteiger partial charge >= 0.3 is 0 Å². The third kappa shape index (κ3) is 3.03. The summed E-state index contributed by atoms with van der Waals surface area (Å²) in [5.41, 5.74) is 2.03. The minimum absolute atomic E-state index is 0.158. The lowest BCUT2D eigenvalue weighted by molar-refractivity contribution is 0.415. The maximum absolute atomic E-state index is 12.9. The number of pyridine rings is 1. The molecule has 0 saturated carbocycles. The number of methoxy groups -OCH3 is 1. The SMILES string of the molecule is COc1cccc(-c2ccnc3nc(N4CCC(C)CC4)[nH]c(=O)c23)c1. The van der Waals surface area contributed by atoms with Crippen LogP contribution in [0, 0.1) is 5.92 Å². The quantitative estimate of drug-likeness (QED) is 0.785. The van der Waals surface area contributed by atoms with E-state index in [9.17, 15) is 4.79 Å². The smallest absolute Gasteiger partial charge is 0.262 e. The second kappa shape index (κ2) is 6.78. The van der Waals surface area contributed by atoms with E-state index in [-0.39, 0.29) is 5.56 Å². The van der Waals surface area contributed by atoms with Gasteiger partial charge in [0.15, 0.2) is 5.65 Å². The maximum atomic E-state index is 12.9. The number of fused-ring (bicyclic) bond motifs is 1. The first kappa shape index (κ1) is 16.6. The monoisotopic (exact) mass is 350 g/mol. The highest BCUT2D eigenvalue weighted by molar-refractivity contribution is 5.92. The predicted octanol–water partition coefficient (Wildman–Crippen LogP) is 3.23. The zero-order chi connectivity index (χ0) is 18.1. The minimum atomic E-state index is -0.158. The van der Waals surface area contributed by atoms with Crippen molar-refractivity contribution in [2.45, 2.75) is 19.8 Å². The van der Waals surface area contributed by atoms with E-state index in [1.807, 2.05) is 30.3 Å². The fraction of sp³-hybridized carbons (Fsp3) is 0.350. The molecule has 134 valence electrons. The van der Waals surface area contributed by atoms with E-state index in [2.05, 4.69) is 26.8 Å². The van der Waals surface area contributed by atoms with Gasteiger partial charge in [-0.25, -0.2) is 4.98 Å². The molecule has 26 heavy (non-hydrogen) atoms. The Morgan fingerprint density at radius 3 is 2.81 bits per heavy atom. The number of aromatic nitrogens is 3. The average molecular weight is 350 g/mol. The van der Waals surface area contributed by atoms with Gasteiger partial charge < -0.3 is 9.64 Å². The van der Waals surface area contributed by atoms with Crippen molar-refractivity contribution < 1.29 is 4.74 Å². The second-order valence-electron chi connectivity index (χ2n) is 6.85. The van der Waals surface area contributed by atoms with Gasteiger partial charge in [0.05, 0.1) is 12.5 Å². The molecular weight excluding hydrogens is 328 g/mol. The van der Waals surface area contributed by atoms with Crippen LogP contribution in [0.1, 0.15) is 19.8 Å². The Morgan fingerprint density at radius 1 is 1.23 bits per heavy atom. The summed E-state index contributed by atoms with van der Waals surface area (Å²) in [5, 5.41) is 0.509. The molecule has 0 amide bonds. The molecule has 1 N–H and O–H groups in total. The molecule has 1 aromatic carbocycles. The Bertz CT molecular complexity index is 991. The number of nitrogens with one attached hydrogen (secondary N) is 1. The molecule has 0 unspecified atom stereocenters. The topological polar surface area (TPSA) is 71.1 Å². The van der Waals surface area contributed by atoms with E-state index >= 15 is 0 Å². The van der Waals surface area contributed by atoms with E-state index < -0.39 is 0 Å². The van der Waals surface area contributed by atoms with Crippen LogP contribution in [0.15, 0.2) is 41.3 Å². The summed E-state index contributed by atoms with van der Waals surface area (Å²) in [6.07, 6.45) is 3.92. The zero-order valence-corrected chi connectivity index (χ0v) is 15.0. The third-order valence-electron chi connectivity index (χ3n) is 5.06. The highest BCUT2D eigenvalue weighted by Gasteiger charge is 2.19. The first-order chi connectivity index (χ1) is 12.7. The lowest BCUT2D eigenvalue weighted by Crippen LogP contribution is -2.35. The van der Waals surface area contributed by atoms with E-state index in [0.717, 1.165) is 48.7 Å². The Labute approximate surface area is 151 Å². The third-order valence-corrected chi connectivity index (χ3v) is 5.06. The molecule has 0 aliphatic carbocycles. The second-order valence-corrected chi connectivity index (χ2v) is 6.85. The summed E-state index contributed by atoms with van der Waals surface area (Å²) in [7, 11) is 1.63. The molecule has 0 spiro atoms. The van der Waals surface area contributed by atoms with E-state index in [4.69, 9.17) is 4.74 Å². The number of hydrogen-bond acceptors (Lipinski definition) is 5. The molecule has 1 aliphatic rings. The molecule has 4 rings (SSSR count). The standard InChI is InChI=1S/C20H22N4O2/c1-13-7-10-24(11-8-13)20-22-18-17(19(25)23-20)16(6-9-21-18)14-4-3-5-15(12-14)26-2/h3-6,9,12-13H,7-8,10-11H2,1-2H3,(H,21,22,23,25). The van der Waals surface area contributed by atoms with Gasteiger partial charge in [-0.2, -0.15) is 4.98 Å². The summed E-state index contributed by atoms with van der Waals surface area (Å²) in [5.74, 6) is 2.08. The molecule has 1 aliphatic heterocycles. The number of nitrogens with zero attached hydrogens (tertiary/aromatic N) is 3. The largest absolute Gasteiger partial charge is 0.497 e. The summed E-state index contributed by atoms with van der Waals surface area (Å²) in [4.78, 5) is 27.0. The predicted molar refractivity (Wildman–Crippen MR) is 103 cm³/mol. The molecule has 0 radical (unpaired) electrons. The van der Waals surface area contributed by atoms with Crippen LogP contribution in [0.4, 0.5) is 5.95 Å². The van der Waals surface area contributed by atoms with Crippen LogP contribution in [0.3, 0.4) is 0 Å². The van der Waals surface area contributed by atoms with Crippen molar-refractivity contribution in [1.82, 2.24) is 15.0 Å². The average Bonchev–Trinajstić information content (AvgIpc) is 2.68. The van der Waals surface area contributed by atoms with Gasteiger partial charge in [-0.1, -0.05) is 19.1 Å². The van der Waals surface area contributed by atoms with Gasteiger partial charge in [-0.3, -0.25) is 9.78 Å². The molecule has 3 heterocycles. The molecule has 0 bridgehead atoms. The van der Waals surface area contributed by atoms with Crippen molar-refractivity contribution in [1.29, 1.82) is 0 Å². The first-order valence-electron chi connectivity index (χ1n) is 8.94. The lowest BCUT2D eigenvalue weighted by Gasteiger charge is -2.30. The zero-order valence-electron chi connectivity index (χ0n) is 15.0. The van der Waals surface area contributed by atoms with Crippen molar-refractivity contribution in [3.05, 3.63) is 46.9 Å². The van der Waals surface area contributed by atoms with Crippen molar-refractivity contribution in [3.8, 4) is 16.9 Å². The van der Waals surface area contributed by atoms with Gasteiger partial charge in [0.1, 0.15) is 5.75 Å². The molecule has 6 heteroatoms. The van der Waals surface area contributed by atoms with Gasteiger partial charge in [-0.05, 0) is 48.1 Å².